The van der Waals surface area contributed by atoms with E-state index in [-0.39, 0.29) is 23.9 Å². The van der Waals surface area contributed by atoms with Crippen LogP contribution in [0.15, 0.2) is 54.6 Å². The van der Waals surface area contributed by atoms with E-state index in [4.69, 9.17) is 0 Å². The average Bonchev–Trinajstić information content (AvgIpc) is 3.26. The van der Waals surface area contributed by atoms with E-state index in [0.29, 0.717) is 11.8 Å². The second kappa shape index (κ2) is 8.92. The first-order valence-corrected chi connectivity index (χ1v) is 10.4. The molecule has 2 N–H and O–H groups in total. The van der Waals surface area contributed by atoms with Crippen molar-refractivity contribution in [3.05, 3.63) is 65.7 Å². The Morgan fingerprint density at radius 1 is 0.788 bits per heavy atom. The van der Waals surface area contributed by atoms with Gasteiger partial charge in [-0.05, 0) is 31.0 Å². The molecular weight excluding hydrogens is 446 g/mol. The minimum Gasteiger partial charge on any atom is -0.351 e. The maximum atomic E-state index is 13.6. The van der Waals surface area contributed by atoms with Crippen molar-refractivity contribution in [2.24, 2.45) is 0 Å². The normalized spacial score (nSPS) is 15.0. The molecule has 0 amide bonds. The summed E-state index contributed by atoms with van der Waals surface area (Å²) in [5.74, 6) is 0.279. The molecule has 4 nitrogen and oxygen atoms in total. The van der Waals surface area contributed by atoms with Gasteiger partial charge >= 0.3 is 12.4 Å². The Hall–Kier alpha value is -3.30. The van der Waals surface area contributed by atoms with Crippen LogP contribution in [0.2, 0.25) is 0 Å². The van der Waals surface area contributed by atoms with Crippen molar-refractivity contribution >= 4 is 17.5 Å². The van der Waals surface area contributed by atoms with E-state index in [1.165, 1.54) is 6.07 Å². The third-order valence-electron chi connectivity index (χ3n) is 5.40. The van der Waals surface area contributed by atoms with E-state index in [2.05, 4.69) is 20.6 Å². The van der Waals surface area contributed by atoms with Gasteiger partial charge < -0.3 is 10.6 Å². The summed E-state index contributed by atoms with van der Waals surface area (Å²) in [6, 6.07) is 12.1. The Balaban J connectivity index is 1.74. The molecule has 1 aromatic heterocycles. The second-order valence-corrected chi connectivity index (χ2v) is 7.83. The van der Waals surface area contributed by atoms with Gasteiger partial charge in [-0.3, -0.25) is 0 Å². The molecule has 0 bridgehead atoms. The predicted molar refractivity (Wildman–Crippen MR) is 113 cm³/mol. The van der Waals surface area contributed by atoms with Crippen LogP contribution in [0, 0.1) is 0 Å². The van der Waals surface area contributed by atoms with Crippen LogP contribution in [0.25, 0.3) is 11.3 Å². The van der Waals surface area contributed by atoms with Gasteiger partial charge in [-0.1, -0.05) is 43.2 Å². The number of halogens is 6. The van der Waals surface area contributed by atoms with Crippen molar-refractivity contribution in [3.8, 4) is 11.3 Å². The van der Waals surface area contributed by atoms with Crippen LogP contribution < -0.4 is 10.6 Å². The Morgan fingerprint density at radius 2 is 1.48 bits per heavy atom. The molecule has 3 aromatic rings. The summed E-state index contributed by atoms with van der Waals surface area (Å²) in [4.78, 5) is 8.78. The van der Waals surface area contributed by atoms with Gasteiger partial charge in [-0.25, -0.2) is 4.98 Å². The van der Waals surface area contributed by atoms with E-state index in [1.807, 2.05) is 6.07 Å². The number of nitrogens with zero attached hydrogens (tertiary/aromatic N) is 2. The van der Waals surface area contributed by atoms with Crippen LogP contribution in [-0.4, -0.2) is 16.0 Å². The molecular formula is C23H20F6N4. The Morgan fingerprint density at radius 3 is 2.12 bits per heavy atom. The molecule has 0 radical (unpaired) electrons. The molecule has 0 aliphatic heterocycles. The molecule has 0 spiro atoms. The van der Waals surface area contributed by atoms with E-state index in [9.17, 15) is 26.3 Å². The zero-order valence-electron chi connectivity index (χ0n) is 17.3. The summed E-state index contributed by atoms with van der Waals surface area (Å²) in [5.41, 5.74) is -2.14. The van der Waals surface area contributed by atoms with Crippen molar-refractivity contribution in [2.45, 2.75) is 44.1 Å². The van der Waals surface area contributed by atoms with E-state index >= 15 is 0 Å². The largest absolute Gasteiger partial charge is 0.418 e. The van der Waals surface area contributed by atoms with Gasteiger partial charge in [0.25, 0.3) is 0 Å². The third kappa shape index (κ3) is 5.55. The summed E-state index contributed by atoms with van der Waals surface area (Å²) >= 11 is 0. The number of alkyl halides is 6. The Labute approximate surface area is 186 Å². The van der Waals surface area contributed by atoms with Crippen LogP contribution in [-0.2, 0) is 12.4 Å². The molecule has 1 fully saturated rings. The van der Waals surface area contributed by atoms with E-state index < -0.39 is 29.2 Å². The summed E-state index contributed by atoms with van der Waals surface area (Å²) in [6.45, 7) is 0. The molecule has 1 aliphatic carbocycles. The van der Waals surface area contributed by atoms with Crippen molar-refractivity contribution < 1.29 is 26.3 Å². The van der Waals surface area contributed by atoms with E-state index in [0.717, 1.165) is 37.3 Å². The van der Waals surface area contributed by atoms with Crippen molar-refractivity contribution in [1.29, 1.82) is 0 Å². The minimum atomic E-state index is -5.00. The number of aromatic nitrogens is 2. The minimum absolute atomic E-state index is 0.0367. The Bertz CT molecular complexity index is 1110. The molecule has 1 heterocycles. The van der Waals surface area contributed by atoms with Crippen LogP contribution in [0.3, 0.4) is 0 Å². The maximum Gasteiger partial charge on any atom is 0.418 e. The number of rotatable bonds is 5. The fourth-order valence-corrected chi connectivity index (χ4v) is 3.79. The zero-order valence-corrected chi connectivity index (χ0v) is 17.3. The molecule has 1 saturated carbocycles. The SMILES string of the molecule is FC(F)(F)c1ccc(Nc2cc(-c3ccccc3)nc(NC3CCCC3)n2)c(C(F)(F)F)c1. The van der Waals surface area contributed by atoms with Crippen molar-refractivity contribution in [3.63, 3.8) is 0 Å². The summed E-state index contributed by atoms with van der Waals surface area (Å²) in [5, 5.41) is 5.77. The van der Waals surface area contributed by atoms with Crippen LogP contribution in [0.1, 0.15) is 36.8 Å². The highest BCUT2D eigenvalue weighted by Crippen LogP contribution is 2.40. The number of hydrogen-bond acceptors (Lipinski definition) is 4. The summed E-state index contributed by atoms with van der Waals surface area (Å²) in [6.07, 6.45) is -5.92. The molecule has 0 saturated heterocycles. The van der Waals surface area contributed by atoms with E-state index in [1.54, 1.807) is 24.3 Å². The van der Waals surface area contributed by atoms with Gasteiger partial charge in [0.15, 0.2) is 0 Å². The molecule has 1 aliphatic rings. The number of benzene rings is 2. The summed E-state index contributed by atoms with van der Waals surface area (Å²) in [7, 11) is 0. The maximum absolute atomic E-state index is 13.6. The lowest BCUT2D eigenvalue weighted by atomic mass is 10.1. The molecule has 4 rings (SSSR count). The monoisotopic (exact) mass is 466 g/mol. The van der Waals surface area contributed by atoms with Crippen molar-refractivity contribution in [1.82, 2.24) is 9.97 Å². The van der Waals surface area contributed by atoms with Crippen LogP contribution in [0.4, 0.5) is 43.8 Å². The molecule has 0 atom stereocenters. The molecule has 174 valence electrons. The molecule has 10 heteroatoms. The zero-order chi connectivity index (χ0) is 23.6. The van der Waals surface area contributed by atoms with Gasteiger partial charge in [0.1, 0.15) is 5.82 Å². The van der Waals surface area contributed by atoms with Gasteiger partial charge in [0.05, 0.1) is 22.5 Å². The third-order valence-corrected chi connectivity index (χ3v) is 5.40. The fourth-order valence-electron chi connectivity index (χ4n) is 3.79. The lowest BCUT2D eigenvalue weighted by Gasteiger charge is -2.18. The topological polar surface area (TPSA) is 49.8 Å². The van der Waals surface area contributed by atoms with Crippen molar-refractivity contribution in [2.75, 3.05) is 10.6 Å². The van der Waals surface area contributed by atoms with Gasteiger partial charge in [0, 0.05) is 17.7 Å². The molecule has 2 aromatic carbocycles. The smallest absolute Gasteiger partial charge is 0.351 e. The van der Waals surface area contributed by atoms with Crippen LogP contribution in [0.5, 0.6) is 0 Å². The first kappa shape index (κ1) is 22.9. The highest BCUT2D eigenvalue weighted by atomic mass is 19.4. The quantitative estimate of drug-likeness (QED) is 0.388. The van der Waals surface area contributed by atoms with Crippen LogP contribution >= 0.6 is 0 Å². The second-order valence-electron chi connectivity index (χ2n) is 7.83. The van der Waals surface area contributed by atoms with Gasteiger partial charge in [-0.2, -0.15) is 31.3 Å². The number of hydrogen-bond donors (Lipinski definition) is 2. The standard InChI is InChI=1S/C23H20F6N4/c24-22(25,26)15-10-11-18(17(12-15)23(27,28)29)31-20-13-19(14-6-2-1-3-7-14)32-21(33-20)30-16-8-4-5-9-16/h1-3,6-7,10-13,16H,4-5,8-9H2,(H2,30,31,32,33). The average molecular weight is 466 g/mol. The lowest BCUT2D eigenvalue weighted by molar-refractivity contribution is -0.142. The van der Waals surface area contributed by atoms with Gasteiger partial charge in [0.2, 0.25) is 5.95 Å². The first-order valence-electron chi connectivity index (χ1n) is 10.4. The predicted octanol–water partition coefficient (Wildman–Crippen LogP) is 7.28. The number of anilines is 3. The highest BCUT2D eigenvalue weighted by Gasteiger charge is 2.38. The lowest BCUT2D eigenvalue weighted by Crippen LogP contribution is -2.17. The summed E-state index contributed by atoms with van der Waals surface area (Å²) < 4.78 is 79.6. The Kier molecular flexibility index (Phi) is 6.18. The van der Waals surface area contributed by atoms with Gasteiger partial charge in [-0.15, -0.1) is 0 Å². The first-order chi connectivity index (χ1) is 15.6. The molecule has 0 unspecified atom stereocenters. The fraction of sp³-hybridized carbons (Fsp3) is 0.304. The highest BCUT2D eigenvalue weighted by molar-refractivity contribution is 5.69. The number of nitrogens with one attached hydrogen (secondary N) is 2. The molecule has 33 heavy (non-hydrogen) atoms.